The van der Waals surface area contributed by atoms with E-state index in [1.54, 1.807) is 0 Å². The predicted octanol–water partition coefficient (Wildman–Crippen LogP) is 3.99. The van der Waals surface area contributed by atoms with Crippen LogP contribution >= 0.6 is 31.9 Å². The van der Waals surface area contributed by atoms with Crippen LogP contribution in [0.15, 0.2) is 44.2 Å². The first kappa shape index (κ1) is 9.73. The van der Waals surface area contributed by atoms with Crippen LogP contribution in [0.3, 0.4) is 0 Å². The van der Waals surface area contributed by atoms with Gasteiger partial charge in [-0.1, -0.05) is 0 Å². The van der Waals surface area contributed by atoms with Gasteiger partial charge in [-0.25, -0.2) is 0 Å². The molecule has 0 radical (unpaired) electrons. The van der Waals surface area contributed by atoms with Crippen molar-refractivity contribution in [3.63, 3.8) is 0 Å². The third-order valence-corrected chi connectivity index (χ3v) is 3.40. The van der Waals surface area contributed by atoms with Gasteiger partial charge in [0, 0.05) is 8.95 Å². The van der Waals surface area contributed by atoms with Crippen molar-refractivity contribution >= 4 is 31.9 Å². The summed E-state index contributed by atoms with van der Waals surface area (Å²) in [6.07, 6.45) is 2.76. The topological polar surface area (TPSA) is 35.3 Å². The van der Waals surface area contributed by atoms with Crippen LogP contribution in [0.25, 0.3) is 0 Å². The third kappa shape index (κ3) is 2.16. The van der Waals surface area contributed by atoms with Gasteiger partial charge in [0.1, 0.15) is 5.75 Å². The van der Waals surface area contributed by atoms with E-state index in [2.05, 4.69) is 36.8 Å². The molecule has 3 nitrogen and oxygen atoms in total. The van der Waals surface area contributed by atoms with E-state index in [1.165, 1.54) is 12.7 Å². The molecular weight excluding hydrogens is 314 g/mol. The van der Waals surface area contributed by atoms with Gasteiger partial charge in [0.25, 0.3) is 5.88 Å². The Morgan fingerprint density at radius 1 is 1.21 bits per heavy atom. The minimum Gasteiger partial charge on any atom is -0.448 e. The van der Waals surface area contributed by atoms with Gasteiger partial charge in [0.05, 0.1) is 0 Å². The Balaban J connectivity index is 2.22. The van der Waals surface area contributed by atoms with Crippen LogP contribution in [0.4, 0.5) is 0 Å². The van der Waals surface area contributed by atoms with Gasteiger partial charge in [-0.15, -0.1) is 0 Å². The van der Waals surface area contributed by atoms with Gasteiger partial charge in [-0.2, -0.15) is 4.98 Å². The van der Waals surface area contributed by atoms with Crippen molar-refractivity contribution < 1.29 is 9.15 Å². The van der Waals surface area contributed by atoms with Gasteiger partial charge in [0.2, 0.25) is 0 Å². The first-order chi connectivity index (χ1) is 6.75. The fourth-order valence-corrected chi connectivity index (χ4v) is 1.52. The lowest BCUT2D eigenvalue weighted by molar-refractivity contribution is 0.457. The number of halogens is 2. The van der Waals surface area contributed by atoms with Gasteiger partial charge in [0.15, 0.2) is 12.7 Å². The number of aromatic nitrogens is 1. The summed E-state index contributed by atoms with van der Waals surface area (Å²) in [4.78, 5) is 3.85. The van der Waals surface area contributed by atoms with Crippen LogP contribution in [0.1, 0.15) is 0 Å². The average Bonchev–Trinajstić information content (AvgIpc) is 2.64. The molecule has 1 heterocycles. The lowest BCUT2D eigenvalue weighted by Crippen LogP contribution is -1.83. The molecule has 5 heteroatoms. The highest BCUT2D eigenvalue weighted by molar-refractivity contribution is 9.13. The molecule has 0 unspecified atom stereocenters. The van der Waals surface area contributed by atoms with Crippen molar-refractivity contribution in [2.75, 3.05) is 0 Å². The summed E-state index contributed by atoms with van der Waals surface area (Å²) >= 11 is 6.75. The Kier molecular flexibility index (Phi) is 2.88. The summed E-state index contributed by atoms with van der Waals surface area (Å²) in [5, 5.41) is 0. The fourth-order valence-electron chi connectivity index (χ4n) is 0.913. The van der Waals surface area contributed by atoms with Gasteiger partial charge >= 0.3 is 0 Å². The zero-order valence-corrected chi connectivity index (χ0v) is 10.1. The number of nitrogens with zero attached hydrogens (tertiary/aromatic N) is 1. The normalized spacial score (nSPS) is 10.1. The van der Waals surface area contributed by atoms with E-state index in [0.29, 0.717) is 11.6 Å². The molecule has 72 valence electrons. The summed E-state index contributed by atoms with van der Waals surface area (Å²) in [6.45, 7) is 0. The molecule has 0 atom stereocenters. The number of hydrogen-bond donors (Lipinski definition) is 0. The van der Waals surface area contributed by atoms with Crippen LogP contribution in [0.2, 0.25) is 0 Å². The van der Waals surface area contributed by atoms with Crippen LogP contribution in [-0.2, 0) is 0 Å². The van der Waals surface area contributed by atoms with Crippen molar-refractivity contribution in [3.8, 4) is 11.6 Å². The molecule has 0 aliphatic heterocycles. The van der Waals surface area contributed by atoms with Crippen molar-refractivity contribution in [1.82, 2.24) is 4.98 Å². The van der Waals surface area contributed by atoms with Gasteiger partial charge in [-0.05, 0) is 50.1 Å². The summed E-state index contributed by atoms with van der Waals surface area (Å²) in [6, 6.07) is 5.57. The van der Waals surface area contributed by atoms with Crippen molar-refractivity contribution in [3.05, 3.63) is 39.8 Å². The lowest BCUT2D eigenvalue weighted by atomic mass is 10.3. The minimum absolute atomic E-state index is 0.444. The maximum absolute atomic E-state index is 5.40. The highest BCUT2D eigenvalue weighted by Crippen LogP contribution is 2.29. The number of hydrogen-bond acceptors (Lipinski definition) is 3. The van der Waals surface area contributed by atoms with E-state index in [-0.39, 0.29) is 0 Å². The number of ether oxygens (including phenoxy) is 1. The first-order valence-corrected chi connectivity index (χ1v) is 5.35. The molecule has 1 aromatic heterocycles. The molecule has 0 fully saturated rings. The summed E-state index contributed by atoms with van der Waals surface area (Å²) in [5.74, 6) is 1.15. The Morgan fingerprint density at radius 2 is 2.07 bits per heavy atom. The minimum atomic E-state index is 0.444. The highest BCUT2D eigenvalue weighted by Gasteiger charge is 2.02. The molecule has 0 saturated carbocycles. The molecule has 2 aromatic rings. The Hall–Kier alpha value is -0.810. The Labute approximate surface area is 97.4 Å². The molecule has 1 aromatic carbocycles. The Bertz CT molecular complexity index is 428. The van der Waals surface area contributed by atoms with Crippen LogP contribution < -0.4 is 4.74 Å². The number of benzene rings is 1. The predicted molar refractivity (Wildman–Crippen MR) is 58.4 cm³/mol. The number of oxazole rings is 1. The zero-order valence-electron chi connectivity index (χ0n) is 6.91. The molecular formula is C9H5Br2NO2. The van der Waals surface area contributed by atoms with Gasteiger partial charge in [-0.3, -0.25) is 0 Å². The van der Waals surface area contributed by atoms with Crippen molar-refractivity contribution in [1.29, 1.82) is 0 Å². The SMILES string of the molecule is Brc1ccc(Oc2cocn2)cc1Br. The molecule has 0 saturated heterocycles. The zero-order chi connectivity index (χ0) is 9.97. The van der Waals surface area contributed by atoms with Gasteiger partial charge < -0.3 is 9.15 Å². The molecule has 0 amide bonds. The molecule has 0 bridgehead atoms. The summed E-state index contributed by atoms with van der Waals surface area (Å²) in [7, 11) is 0. The summed E-state index contributed by atoms with van der Waals surface area (Å²) in [5.41, 5.74) is 0. The first-order valence-electron chi connectivity index (χ1n) is 3.77. The maximum Gasteiger partial charge on any atom is 0.258 e. The fraction of sp³-hybridized carbons (Fsp3) is 0. The second kappa shape index (κ2) is 4.14. The summed E-state index contributed by atoms with van der Waals surface area (Å²) < 4.78 is 12.1. The molecule has 0 aliphatic rings. The highest BCUT2D eigenvalue weighted by atomic mass is 79.9. The van der Waals surface area contributed by atoms with E-state index in [1.807, 2.05) is 18.2 Å². The van der Waals surface area contributed by atoms with E-state index < -0.39 is 0 Å². The van der Waals surface area contributed by atoms with E-state index in [4.69, 9.17) is 9.15 Å². The van der Waals surface area contributed by atoms with Crippen LogP contribution in [0, 0.1) is 0 Å². The van der Waals surface area contributed by atoms with Crippen molar-refractivity contribution in [2.24, 2.45) is 0 Å². The van der Waals surface area contributed by atoms with E-state index in [9.17, 15) is 0 Å². The number of rotatable bonds is 2. The largest absolute Gasteiger partial charge is 0.448 e. The lowest BCUT2D eigenvalue weighted by Gasteiger charge is -2.02. The average molecular weight is 319 g/mol. The monoisotopic (exact) mass is 317 g/mol. The molecule has 0 spiro atoms. The second-order valence-corrected chi connectivity index (χ2v) is 4.21. The molecule has 14 heavy (non-hydrogen) atoms. The standard InChI is InChI=1S/C9H5Br2NO2/c10-7-2-1-6(3-8(7)11)14-9-4-13-5-12-9/h1-5H. The quantitative estimate of drug-likeness (QED) is 0.839. The second-order valence-electron chi connectivity index (χ2n) is 2.50. The van der Waals surface area contributed by atoms with E-state index >= 15 is 0 Å². The Morgan fingerprint density at radius 3 is 2.71 bits per heavy atom. The maximum atomic E-state index is 5.40. The molecule has 0 N–H and O–H groups in total. The van der Waals surface area contributed by atoms with Crippen LogP contribution in [0.5, 0.6) is 11.6 Å². The van der Waals surface area contributed by atoms with E-state index in [0.717, 1.165) is 8.95 Å². The van der Waals surface area contributed by atoms with Crippen LogP contribution in [-0.4, -0.2) is 4.98 Å². The smallest absolute Gasteiger partial charge is 0.258 e. The molecule has 0 aliphatic carbocycles. The molecule has 2 rings (SSSR count). The third-order valence-electron chi connectivity index (χ3n) is 1.52. The van der Waals surface area contributed by atoms with Crippen molar-refractivity contribution in [2.45, 2.75) is 0 Å².